The number of hydrogen-bond donors (Lipinski definition) is 2. The lowest BCUT2D eigenvalue weighted by molar-refractivity contribution is -0.116. The molecule has 0 radical (unpaired) electrons. The van der Waals surface area contributed by atoms with Crippen molar-refractivity contribution in [3.63, 3.8) is 0 Å². The number of aromatic amines is 1. The van der Waals surface area contributed by atoms with Crippen LogP contribution in [-0.4, -0.2) is 27.0 Å². The molecule has 0 saturated heterocycles. The Hall–Kier alpha value is -3.94. The summed E-state index contributed by atoms with van der Waals surface area (Å²) < 4.78 is 25.5. The van der Waals surface area contributed by atoms with Gasteiger partial charge in [0.1, 0.15) is 40.8 Å². The minimum atomic E-state index is -0.282. The van der Waals surface area contributed by atoms with Gasteiger partial charge in [0.25, 0.3) is 0 Å². The molecule has 8 heteroatoms. The number of H-pyrrole nitrogens is 1. The maximum atomic E-state index is 13.4. The van der Waals surface area contributed by atoms with Crippen molar-refractivity contribution in [2.45, 2.75) is 31.3 Å². The Kier molecular flexibility index (Phi) is 4.31. The Labute approximate surface area is 182 Å². The van der Waals surface area contributed by atoms with E-state index in [-0.39, 0.29) is 23.7 Å². The van der Waals surface area contributed by atoms with Crippen molar-refractivity contribution in [1.29, 1.82) is 0 Å². The quantitative estimate of drug-likeness (QED) is 0.479. The van der Waals surface area contributed by atoms with Crippen LogP contribution in [0.15, 0.2) is 54.7 Å². The molecule has 1 aliphatic heterocycles. The van der Waals surface area contributed by atoms with Crippen molar-refractivity contribution in [1.82, 2.24) is 15.0 Å². The van der Waals surface area contributed by atoms with E-state index in [1.807, 2.05) is 24.3 Å². The highest BCUT2D eigenvalue weighted by molar-refractivity contribution is 5.93. The van der Waals surface area contributed by atoms with Crippen molar-refractivity contribution in [2.75, 3.05) is 5.32 Å². The molecule has 0 bridgehead atoms. The Morgan fingerprint density at radius 3 is 2.75 bits per heavy atom. The van der Waals surface area contributed by atoms with Gasteiger partial charge in [0.2, 0.25) is 5.91 Å². The number of pyridine rings is 1. The number of amides is 1. The lowest BCUT2D eigenvalue weighted by Gasteiger charge is -2.18. The van der Waals surface area contributed by atoms with Crippen molar-refractivity contribution >= 4 is 22.8 Å². The molecule has 2 unspecified atom stereocenters. The Morgan fingerprint density at radius 2 is 1.88 bits per heavy atom. The zero-order chi connectivity index (χ0) is 21.7. The third kappa shape index (κ3) is 3.53. The van der Waals surface area contributed by atoms with Gasteiger partial charge in [-0.05, 0) is 61.4 Å². The standard InChI is InChI=1S/C24H19FN4O3/c25-13-1-7-18-19(11-13)28-24(27-18)17-12-21(17)32-15-4-2-14(3-5-15)31-20-9-10-26-23-16(20)6-8-22(30)29-23/h1-5,7,9-11,17,21H,6,8,12H2,(H,27,28)(H,26,29,30). The number of hydrogen-bond acceptors (Lipinski definition) is 5. The molecule has 1 amide bonds. The van der Waals surface area contributed by atoms with Crippen LogP contribution >= 0.6 is 0 Å². The van der Waals surface area contributed by atoms with E-state index in [4.69, 9.17) is 9.47 Å². The monoisotopic (exact) mass is 430 g/mol. The molecule has 7 nitrogen and oxygen atoms in total. The molecule has 3 heterocycles. The number of rotatable bonds is 5. The largest absolute Gasteiger partial charge is 0.490 e. The highest BCUT2D eigenvalue weighted by Gasteiger charge is 2.43. The number of carbonyl (C=O) groups excluding carboxylic acids is 1. The number of benzene rings is 2. The van der Waals surface area contributed by atoms with E-state index in [0.717, 1.165) is 29.1 Å². The first-order valence-corrected chi connectivity index (χ1v) is 10.5. The van der Waals surface area contributed by atoms with Gasteiger partial charge in [0, 0.05) is 18.2 Å². The number of fused-ring (bicyclic) bond motifs is 2. The summed E-state index contributed by atoms with van der Waals surface area (Å²) in [6, 6.07) is 13.8. The summed E-state index contributed by atoms with van der Waals surface area (Å²) in [7, 11) is 0. The van der Waals surface area contributed by atoms with Gasteiger partial charge in [-0.1, -0.05) is 0 Å². The number of anilines is 1. The molecule has 2 atom stereocenters. The zero-order valence-electron chi connectivity index (χ0n) is 17.0. The summed E-state index contributed by atoms with van der Waals surface area (Å²) in [5, 5.41) is 2.78. The Balaban J connectivity index is 1.12. The molecule has 2 aliphatic rings. The second kappa shape index (κ2) is 7.33. The van der Waals surface area contributed by atoms with Crippen molar-refractivity contribution in [3.05, 3.63) is 71.9 Å². The van der Waals surface area contributed by atoms with Crippen molar-refractivity contribution in [3.8, 4) is 17.2 Å². The third-order valence-corrected chi connectivity index (χ3v) is 5.76. The zero-order valence-corrected chi connectivity index (χ0v) is 17.0. The number of imidazole rings is 1. The van der Waals surface area contributed by atoms with Crippen LogP contribution in [0.25, 0.3) is 11.0 Å². The van der Waals surface area contributed by atoms with Crippen LogP contribution in [0.5, 0.6) is 17.2 Å². The van der Waals surface area contributed by atoms with E-state index in [1.165, 1.54) is 12.1 Å². The van der Waals surface area contributed by atoms with Crippen LogP contribution in [0.2, 0.25) is 0 Å². The minimum absolute atomic E-state index is 0.0306. The fraction of sp³-hybridized carbons (Fsp3) is 0.208. The van der Waals surface area contributed by atoms with Crippen LogP contribution in [0.3, 0.4) is 0 Å². The van der Waals surface area contributed by atoms with Crippen molar-refractivity contribution < 1.29 is 18.7 Å². The summed E-state index contributed by atoms with van der Waals surface area (Å²) >= 11 is 0. The first kappa shape index (κ1) is 18.8. The molecule has 2 aromatic carbocycles. The third-order valence-electron chi connectivity index (χ3n) is 5.76. The lowest BCUT2D eigenvalue weighted by Crippen LogP contribution is -2.20. The van der Waals surface area contributed by atoms with E-state index >= 15 is 0 Å². The van der Waals surface area contributed by atoms with Crippen LogP contribution in [0, 0.1) is 5.82 Å². The van der Waals surface area contributed by atoms with Crippen molar-refractivity contribution in [2.24, 2.45) is 0 Å². The summed E-state index contributed by atoms with van der Waals surface area (Å²) in [5.74, 6) is 3.35. The lowest BCUT2D eigenvalue weighted by atomic mass is 10.1. The van der Waals surface area contributed by atoms with Crippen LogP contribution in [0.4, 0.5) is 10.2 Å². The van der Waals surface area contributed by atoms with E-state index in [2.05, 4.69) is 20.3 Å². The normalized spacial score (nSPS) is 19.3. The second-order valence-electron chi connectivity index (χ2n) is 8.04. The first-order chi connectivity index (χ1) is 15.6. The molecule has 6 rings (SSSR count). The molecule has 1 fully saturated rings. The van der Waals surface area contributed by atoms with Gasteiger partial charge in [-0.2, -0.15) is 0 Å². The fourth-order valence-corrected chi connectivity index (χ4v) is 4.01. The maximum absolute atomic E-state index is 13.4. The Bertz CT molecular complexity index is 1340. The summed E-state index contributed by atoms with van der Waals surface area (Å²) in [6.45, 7) is 0. The van der Waals surface area contributed by atoms with Gasteiger partial charge < -0.3 is 19.8 Å². The molecule has 0 spiro atoms. The molecule has 160 valence electrons. The SMILES string of the molecule is O=C1CCc2c(Oc3ccc(OC4CC4c4nc5ccc(F)cc5[nH]4)cc3)ccnc2N1. The molecular formula is C24H19FN4O3. The number of ether oxygens (including phenoxy) is 2. The van der Waals surface area contributed by atoms with Gasteiger partial charge in [-0.3, -0.25) is 4.79 Å². The predicted octanol–water partition coefficient (Wildman–Crippen LogP) is 4.71. The van der Waals surface area contributed by atoms with E-state index in [0.29, 0.717) is 35.7 Å². The molecule has 4 aromatic rings. The second-order valence-corrected chi connectivity index (χ2v) is 8.04. The van der Waals surface area contributed by atoms with Crippen LogP contribution in [-0.2, 0) is 11.2 Å². The molecule has 1 saturated carbocycles. The predicted molar refractivity (Wildman–Crippen MR) is 116 cm³/mol. The molecular weight excluding hydrogens is 411 g/mol. The van der Waals surface area contributed by atoms with Gasteiger partial charge in [0.05, 0.1) is 17.0 Å². The molecule has 1 aliphatic carbocycles. The Morgan fingerprint density at radius 1 is 1.03 bits per heavy atom. The summed E-state index contributed by atoms with van der Waals surface area (Å²) in [6.07, 6.45) is 3.53. The molecule has 32 heavy (non-hydrogen) atoms. The molecule has 2 N–H and O–H groups in total. The topological polar surface area (TPSA) is 89.1 Å². The number of halogens is 1. The van der Waals surface area contributed by atoms with Gasteiger partial charge >= 0.3 is 0 Å². The number of carbonyl (C=O) groups is 1. The van der Waals surface area contributed by atoms with Crippen LogP contribution < -0.4 is 14.8 Å². The highest BCUT2D eigenvalue weighted by Crippen LogP contribution is 2.43. The maximum Gasteiger partial charge on any atom is 0.225 e. The number of nitrogens with zero attached hydrogens (tertiary/aromatic N) is 2. The van der Waals surface area contributed by atoms with Gasteiger partial charge in [0.15, 0.2) is 0 Å². The van der Waals surface area contributed by atoms with Gasteiger partial charge in [-0.15, -0.1) is 0 Å². The highest BCUT2D eigenvalue weighted by atomic mass is 19.1. The number of aromatic nitrogens is 3. The van der Waals surface area contributed by atoms with Gasteiger partial charge in [-0.25, -0.2) is 14.4 Å². The average molecular weight is 430 g/mol. The van der Waals surface area contributed by atoms with Crippen LogP contribution in [0.1, 0.15) is 30.1 Å². The van der Waals surface area contributed by atoms with E-state index < -0.39 is 0 Å². The van der Waals surface area contributed by atoms with E-state index in [9.17, 15) is 9.18 Å². The average Bonchev–Trinajstić information content (AvgIpc) is 3.42. The first-order valence-electron chi connectivity index (χ1n) is 10.5. The minimum Gasteiger partial charge on any atom is -0.490 e. The molecule has 2 aromatic heterocycles. The fourth-order valence-electron chi connectivity index (χ4n) is 4.01. The summed E-state index contributed by atoms with van der Waals surface area (Å²) in [4.78, 5) is 23.5. The number of nitrogens with one attached hydrogen (secondary N) is 2. The smallest absolute Gasteiger partial charge is 0.225 e. The van der Waals surface area contributed by atoms with E-state index in [1.54, 1.807) is 18.3 Å². The summed E-state index contributed by atoms with van der Waals surface area (Å²) in [5.41, 5.74) is 2.36.